The molecule has 0 aliphatic heterocycles. The van der Waals surface area contributed by atoms with Crippen LogP contribution in [0.1, 0.15) is 15.9 Å². The number of hydrogen-bond donors (Lipinski definition) is 0. The number of carbonyl (C=O) groups excluding carboxylic acids is 1. The molecule has 96 valence electrons. The first kappa shape index (κ1) is 12.8. The summed E-state index contributed by atoms with van der Waals surface area (Å²) in [6, 6.07) is 11.2. The van der Waals surface area contributed by atoms with Crippen molar-refractivity contribution < 1.29 is 14.5 Å². The molecule has 2 rings (SSSR count). The number of nitro groups is 1. The third kappa shape index (κ3) is 2.77. The topological polar surface area (TPSA) is 69.4 Å². The summed E-state index contributed by atoms with van der Waals surface area (Å²) in [5, 5.41) is 11.0. The van der Waals surface area contributed by atoms with Gasteiger partial charge in [-0.15, -0.1) is 0 Å². The van der Waals surface area contributed by atoms with Crippen molar-refractivity contribution in [2.75, 3.05) is 0 Å². The van der Waals surface area contributed by atoms with E-state index >= 15 is 0 Å². The predicted molar refractivity (Wildman–Crippen MR) is 69.7 cm³/mol. The Morgan fingerprint density at radius 2 is 1.95 bits per heavy atom. The van der Waals surface area contributed by atoms with Crippen LogP contribution >= 0.6 is 0 Å². The summed E-state index contributed by atoms with van der Waals surface area (Å²) < 4.78 is 5.54. The molecule has 0 bridgehead atoms. The smallest absolute Gasteiger partial charge is 0.311 e. The molecule has 0 unspecified atom stereocenters. The standard InChI is InChI=1S/C14H11NO4/c1-10-4-2-7-13(15(17)18)14(10)19-12-6-3-5-11(8-12)9-16/h2-9H,1H3. The third-order valence-electron chi connectivity index (χ3n) is 2.60. The second-order valence-electron chi connectivity index (χ2n) is 3.97. The van der Waals surface area contributed by atoms with Crippen LogP contribution in [0.15, 0.2) is 42.5 Å². The molecule has 0 aliphatic carbocycles. The summed E-state index contributed by atoms with van der Waals surface area (Å²) in [5.74, 6) is 0.581. The fourth-order valence-electron chi connectivity index (χ4n) is 1.68. The van der Waals surface area contributed by atoms with Crippen LogP contribution in [0.2, 0.25) is 0 Å². The fraction of sp³-hybridized carbons (Fsp3) is 0.0714. The number of nitro benzene ring substituents is 1. The normalized spacial score (nSPS) is 9.95. The minimum absolute atomic E-state index is 0.100. The van der Waals surface area contributed by atoms with Crippen molar-refractivity contribution in [1.82, 2.24) is 0 Å². The highest BCUT2D eigenvalue weighted by molar-refractivity contribution is 5.75. The van der Waals surface area contributed by atoms with Crippen LogP contribution in [-0.2, 0) is 0 Å². The highest BCUT2D eigenvalue weighted by Gasteiger charge is 2.17. The molecule has 2 aromatic rings. The lowest BCUT2D eigenvalue weighted by Crippen LogP contribution is -1.95. The van der Waals surface area contributed by atoms with E-state index in [1.807, 2.05) is 0 Å². The second kappa shape index (κ2) is 5.30. The van der Waals surface area contributed by atoms with Gasteiger partial charge in [0.25, 0.3) is 0 Å². The SMILES string of the molecule is Cc1cccc([N+](=O)[O-])c1Oc1cccc(C=O)c1. The number of para-hydroxylation sites is 1. The van der Waals surface area contributed by atoms with Crippen molar-refractivity contribution in [2.24, 2.45) is 0 Å². The average molecular weight is 257 g/mol. The zero-order valence-electron chi connectivity index (χ0n) is 10.2. The molecule has 0 radical (unpaired) electrons. The van der Waals surface area contributed by atoms with Gasteiger partial charge in [0.1, 0.15) is 12.0 Å². The largest absolute Gasteiger partial charge is 0.450 e. The highest BCUT2D eigenvalue weighted by Crippen LogP contribution is 2.34. The summed E-state index contributed by atoms with van der Waals surface area (Å²) in [6.45, 7) is 1.73. The van der Waals surface area contributed by atoms with E-state index in [1.165, 1.54) is 12.1 Å². The fourth-order valence-corrected chi connectivity index (χ4v) is 1.68. The van der Waals surface area contributed by atoms with Crippen LogP contribution in [0.3, 0.4) is 0 Å². The molecule has 2 aromatic carbocycles. The molecule has 5 heteroatoms. The Labute approximate surface area is 109 Å². The highest BCUT2D eigenvalue weighted by atomic mass is 16.6. The number of aldehydes is 1. The maximum absolute atomic E-state index is 11.0. The molecule has 0 saturated carbocycles. The second-order valence-corrected chi connectivity index (χ2v) is 3.97. The third-order valence-corrected chi connectivity index (χ3v) is 2.60. The van der Waals surface area contributed by atoms with Gasteiger partial charge in [0.15, 0.2) is 0 Å². The minimum atomic E-state index is -0.494. The summed E-state index contributed by atoms with van der Waals surface area (Å²) in [5.41, 5.74) is 1.01. The first-order valence-electron chi connectivity index (χ1n) is 5.59. The van der Waals surface area contributed by atoms with Crippen molar-refractivity contribution >= 4 is 12.0 Å². The number of aryl methyl sites for hydroxylation is 1. The van der Waals surface area contributed by atoms with E-state index in [2.05, 4.69) is 0 Å². The molecule has 5 nitrogen and oxygen atoms in total. The van der Waals surface area contributed by atoms with Crippen LogP contribution in [0.5, 0.6) is 11.5 Å². The Kier molecular flexibility index (Phi) is 3.56. The van der Waals surface area contributed by atoms with Crippen LogP contribution in [0.25, 0.3) is 0 Å². The molecule has 0 heterocycles. The van der Waals surface area contributed by atoms with Gasteiger partial charge in [0.05, 0.1) is 4.92 Å². The van der Waals surface area contributed by atoms with E-state index in [0.717, 1.165) is 0 Å². The Morgan fingerprint density at radius 3 is 2.63 bits per heavy atom. The molecular formula is C14H11NO4. The van der Waals surface area contributed by atoms with E-state index in [0.29, 0.717) is 23.2 Å². The van der Waals surface area contributed by atoms with Gasteiger partial charge in [-0.2, -0.15) is 0 Å². The summed E-state index contributed by atoms with van der Waals surface area (Å²) >= 11 is 0. The maximum Gasteiger partial charge on any atom is 0.311 e. The first-order valence-corrected chi connectivity index (χ1v) is 5.59. The minimum Gasteiger partial charge on any atom is -0.450 e. The van der Waals surface area contributed by atoms with Gasteiger partial charge in [0.2, 0.25) is 5.75 Å². The summed E-state index contributed by atoms with van der Waals surface area (Å²) in [7, 11) is 0. The lowest BCUT2D eigenvalue weighted by atomic mass is 10.2. The molecule has 0 saturated heterocycles. The summed E-state index contributed by atoms with van der Waals surface area (Å²) in [4.78, 5) is 21.2. The summed E-state index contributed by atoms with van der Waals surface area (Å²) in [6.07, 6.45) is 0.694. The molecule has 0 N–H and O–H groups in total. The lowest BCUT2D eigenvalue weighted by Gasteiger charge is -2.09. The molecule has 0 atom stereocenters. The van der Waals surface area contributed by atoms with Gasteiger partial charge in [0, 0.05) is 11.6 Å². The van der Waals surface area contributed by atoms with Crippen LogP contribution in [-0.4, -0.2) is 11.2 Å². The molecule has 19 heavy (non-hydrogen) atoms. The number of hydrogen-bond acceptors (Lipinski definition) is 4. The van der Waals surface area contributed by atoms with E-state index in [9.17, 15) is 14.9 Å². The van der Waals surface area contributed by atoms with Gasteiger partial charge in [-0.3, -0.25) is 14.9 Å². The van der Waals surface area contributed by atoms with Crippen LogP contribution in [0, 0.1) is 17.0 Å². The number of ether oxygens (including phenoxy) is 1. The Hall–Kier alpha value is -2.69. The van der Waals surface area contributed by atoms with E-state index < -0.39 is 4.92 Å². The Bertz CT molecular complexity index is 637. The quantitative estimate of drug-likeness (QED) is 0.477. The lowest BCUT2D eigenvalue weighted by molar-refractivity contribution is -0.385. The number of carbonyl (C=O) groups is 1. The number of rotatable bonds is 4. The predicted octanol–water partition coefficient (Wildman–Crippen LogP) is 3.51. The Balaban J connectivity index is 2.42. The van der Waals surface area contributed by atoms with Crippen molar-refractivity contribution in [3.05, 3.63) is 63.7 Å². The van der Waals surface area contributed by atoms with E-state index in [1.54, 1.807) is 37.3 Å². The van der Waals surface area contributed by atoms with Gasteiger partial charge in [-0.05, 0) is 24.6 Å². The maximum atomic E-state index is 11.0. The van der Waals surface area contributed by atoms with Gasteiger partial charge < -0.3 is 4.74 Å². The van der Waals surface area contributed by atoms with Crippen molar-refractivity contribution in [1.29, 1.82) is 0 Å². The first-order chi connectivity index (χ1) is 9.11. The zero-order chi connectivity index (χ0) is 13.8. The van der Waals surface area contributed by atoms with Crippen molar-refractivity contribution in [3.63, 3.8) is 0 Å². The molecule has 0 aromatic heterocycles. The van der Waals surface area contributed by atoms with Gasteiger partial charge in [-0.25, -0.2) is 0 Å². The molecule has 0 spiro atoms. The molecular weight excluding hydrogens is 246 g/mol. The van der Waals surface area contributed by atoms with Gasteiger partial charge in [-0.1, -0.05) is 24.3 Å². The van der Waals surface area contributed by atoms with Gasteiger partial charge >= 0.3 is 5.69 Å². The number of benzene rings is 2. The monoisotopic (exact) mass is 257 g/mol. The van der Waals surface area contributed by atoms with E-state index in [-0.39, 0.29) is 11.4 Å². The van der Waals surface area contributed by atoms with Crippen molar-refractivity contribution in [3.8, 4) is 11.5 Å². The molecule has 0 amide bonds. The number of nitrogens with zero attached hydrogens (tertiary/aromatic N) is 1. The average Bonchev–Trinajstić information content (AvgIpc) is 2.41. The molecule has 0 aliphatic rings. The van der Waals surface area contributed by atoms with Crippen LogP contribution < -0.4 is 4.74 Å². The Morgan fingerprint density at radius 1 is 1.21 bits per heavy atom. The van der Waals surface area contributed by atoms with Crippen molar-refractivity contribution in [2.45, 2.75) is 6.92 Å². The molecule has 0 fully saturated rings. The van der Waals surface area contributed by atoms with E-state index in [4.69, 9.17) is 4.74 Å². The zero-order valence-corrected chi connectivity index (χ0v) is 10.2. The van der Waals surface area contributed by atoms with Crippen LogP contribution in [0.4, 0.5) is 5.69 Å².